The lowest BCUT2D eigenvalue weighted by Gasteiger charge is -2.06. The molecule has 0 spiro atoms. The minimum atomic E-state index is -0.862. The molecule has 78 valence electrons. The van der Waals surface area contributed by atoms with E-state index < -0.39 is 6.10 Å². The van der Waals surface area contributed by atoms with Crippen molar-refractivity contribution in [2.45, 2.75) is 6.10 Å². The fraction of sp³-hybridized carbons (Fsp3) is 0.200. The first kappa shape index (κ1) is 9.79. The maximum absolute atomic E-state index is 12.6. The van der Waals surface area contributed by atoms with Gasteiger partial charge < -0.3 is 5.11 Å². The monoisotopic (exact) mass is 207 g/mol. The predicted molar refractivity (Wildman–Crippen MR) is 51.5 cm³/mol. The molecule has 2 aromatic rings. The zero-order chi connectivity index (χ0) is 10.8. The van der Waals surface area contributed by atoms with Gasteiger partial charge in [-0.25, -0.2) is 4.39 Å². The Morgan fingerprint density at radius 3 is 2.53 bits per heavy atom. The van der Waals surface area contributed by atoms with E-state index in [-0.39, 0.29) is 5.82 Å². The molecule has 5 heteroatoms. The van der Waals surface area contributed by atoms with Gasteiger partial charge >= 0.3 is 0 Å². The highest BCUT2D eigenvalue weighted by atomic mass is 19.1. The van der Waals surface area contributed by atoms with Crippen LogP contribution in [0.25, 0.3) is 0 Å². The van der Waals surface area contributed by atoms with E-state index in [0.29, 0.717) is 11.3 Å². The van der Waals surface area contributed by atoms with E-state index in [1.165, 1.54) is 28.9 Å². The van der Waals surface area contributed by atoms with Gasteiger partial charge in [0.05, 0.1) is 6.20 Å². The van der Waals surface area contributed by atoms with Gasteiger partial charge in [0, 0.05) is 7.05 Å². The maximum Gasteiger partial charge on any atom is 0.124 e. The summed E-state index contributed by atoms with van der Waals surface area (Å²) >= 11 is 0. The molecule has 1 atom stereocenters. The van der Waals surface area contributed by atoms with E-state index in [4.69, 9.17) is 0 Å². The van der Waals surface area contributed by atoms with Crippen molar-refractivity contribution in [3.8, 4) is 0 Å². The van der Waals surface area contributed by atoms with Crippen LogP contribution >= 0.6 is 0 Å². The van der Waals surface area contributed by atoms with Crippen LogP contribution in [-0.4, -0.2) is 20.1 Å². The van der Waals surface area contributed by atoms with Crippen molar-refractivity contribution in [1.82, 2.24) is 15.0 Å². The Morgan fingerprint density at radius 2 is 2.00 bits per heavy atom. The molecule has 0 aliphatic rings. The molecular formula is C10H10FN3O. The van der Waals surface area contributed by atoms with Gasteiger partial charge in [0.1, 0.15) is 17.6 Å². The number of aliphatic hydroxyl groups excluding tert-OH is 1. The zero-order valence-electron chi connectivity index (χ0n) is 8.13. The maximum atomic E-state index is 12.6. The first-order valence-electron chi connectivity index (χ1n) is 4.46. The number of benzene rings is 1. The molecule has 0 aliphatic carbocycles. The Hall–Kier alpha value is -1.75. The van der Waals surface area contributed by atoms with Crippen molar-refractivity contribution in [2.75, 3.05) is 0 Å². The molecule has 0 saturated heterocycles. The molecule has 1 N–H and O–H groups in total. The normalized spacial score (nSPS) is 12.7. The van der Waals surface area contributed by atoms with Crippen LogP contribution in [0.3, 0.4) is 0 Å². The highest BCUT2D eigenvalue weighted by Gasteiger charge is 2.13. The molecule has 2 rings (SSSR count). The first-order valence-corrected chi connectivity index (χ1v) is 4.46. The van der Waals surface area contributed by atoms with Crippen LogP contribution in [0.15, 0.2) is 30.5 Å². The van der Waals surface area contributed by atoms with Crippen molar-refractivity contribution in [3.05, 3.63) is 47.5 Å². The van der Waals surface area contributed by atoms with E-state index in [0.717, 1.165) is 0 Å². The number of nitrogens with zero attached hydrogens (tertiary/aromatic N) is 3. The van der Waals surface area contributed by atoms with Crippen LogP contribution in [0.1, 0.15) is 17.4 Å². The van der Waals surface area contributed by atoms with Gasteiger partial charge in [-0.2, -0.15) is 0 Å². The summed E-state index contributed by atoms with van der Waals surface area (Å²) in [6.07, 6.45) is 0.757. The van der Waals surface area contributed by atoms with Gasteiger partial charge in [-0.05, 0) is 17.7 Å². The second-order valence-corrected chi connectivity index (χ2v) is 3.27. The Kier molecular flexibility index (Phi) is 2.47. The Balaban J connectivity index is 2.28. The number of rotatable bonds is 2. The summed E-state index contributed by atoms with van der Waals surface area (Å²) in [7, 11) is 1.72. The average molecular weight is 207 g/mol. The zero-order valence-corrected chi connectivity index (χ0v) is 8.13. The van der Waals surface area contributed by atoms with Gasteiger partial charge in [0.15, 0.2) is 0 Å². The van der Waals surface area contributed by atoms with Gasteiger partial charge in [-0.1, -0.05) is 17.3 Å². The second-order valence-electron chi connectivity index (χ2n) is 3.27. The summed E-state index contributed by atoms with van der Waals surface area (Å²) in [5, 5.41) is 17.4. The second kappa shape index (κ2) is 3.78. The molecule has 0 fully saturated rings. The number of aryl methyl sites for hydroxylation is 1. The number of hydrogen-bond acceptors (Lipinski definition) is 3. The molecular weight excluding hydrogens is 197 g/mol. The third kappa shape index (κ3) is 2.02. The minimum Gasteiger partial charge on any atom is -0.382 e. The number of hydrogen-bond donors (Lipinski definition) is 1. The Labute approximate surface area is 86.0 Å². The molecule has 1 aromatic carbocycles. The molecule has 1 unspecified atom stereocenters. The number of aromatic nitrogens is 3. The van der Waals surface area contributed by atoms with Crippen LogP contribution in [0.2, 0.25) is 0 Å². The van der Waals surface area contributed by atoms with Crippen LogP contribution in [0, 0.1) is 5.82 Å². The molecule has 4 nitrogen and oxygen atoms in total. The van der Waals surface area contributed by atoms with Crippen LogP contribution in [0.4, 0.5) is 4.39 Å². The van der Waals surface area contributed by atoms with E-state index in [2.05, 4.69) is 10.3 Å². The predicted octanol–water partition coefficient (Wildman–Crippen LogP) is 1.04. The third-order valence-electron chi connectivity index (χ3n) is 2.09. The third-order valence-corrected chi connectivity index (χ3v) is 2.09. The summed E-state index contributed by atoms with van der Waals surface area (Å²) < 4.78 is 14.1. The molecule has 1 aromatic heterocycles. The summed E-state index contributed by atoms with van der Waals surface area (Å²) in [5.74, 6) is -0.329. The highest BCUT2D eigenvalue weighted by Crippen LogP contribution is 2.19. The van der Waals surface area contributed by atoms with E-state index >= 15 is 0 Å². The van der Waals surface area contributed by atoms with Crippen molar-refractivity contribution < 1.29 is 9.50 Å². The number of halogens is 1. The average Bonchev–Trinajstić information content (AvgIpc) is 2.65. The summed E-state index contributed by atoms with van der Waals surface area (Å²) in [4.78, 5) is 0. The molecule has 0 bridgehead atoms. The molecule has 0 amide bonds. The van der Waals surface area contributed by atoms with Gasteiger partial charge in [-0.15, -0.1) is 5.10 Å². The van der Waals surface area contributed by atoms with Gasteiger partial charge in [0.2, 0.25) is 0 Å². The SMILES string of the molecule is Cn1cc(C(O)c2ccc(F)cc2)nn1. The van der Waals surface area contributed by atoms with Gasteiger partial charge in [0.25, 0.3) is 0 Å². The lowest BCUT2D eigenvalue weighted by Crippen LogP contribution is -2.00. The fourth-order valence-electron chi connectivity index (χ4n) is 1.31. The Bertz CT molecular complexity index is 452. The van der Waals surface area contributed by atoms with Crippen LogP contribution in [0.5, 0.6) is 0 Å². The standard InChI is InChI=1S/C10H10FN3O/c1-14-6-9(12-13-14)10(15)7-2-4-8(11)5-3-7/h2-6,10,15H,1H3. The summed E-state index contributed by atoms with van der Waals surface area (Å²) in [6, 6.07) is 5.65. The topological polar surface area (TPSA) is 50.9 Å². The van der Waals surface area contributed by atoms with E-state index in [9.17, 15) is 9.50 Å². The van der Waals surface area contributed by atoms with Gasteiger partial charge in [-0.3, -0.25) is 4.68 Å². The lowest BCUT2D eigenvalue weighted by molar-refractivity contribution is 0.215. The number of aliphatic hydroxyl groups is 1. The van der Waals surface area contributed by atoms with Crippen LogP contribution < -0.4 is 0 Å². The smallest absolute Gasteiger partial charge is 0.124 e. The molecule has 15 heavy (non-hydrogen) atoms. The van der Waals surface area contributed by atoms with E-state index in [1.54, 1.807) is 13.2 Å². The quantitative estimate of drug-likeness (QED) is 0.800. The minimum absolute atomic E-state index is 0.329. The lowest BCUT2D eigenvalue weighted by atomic mass is 10.1. The molecule has 0 aliphatic heterocycles. The van der Waals surface area contributed by atoms with Crippen molar-refractivity contribution in [1.29, 1.82) is 0 Å². The summed E-state index contributed by atoms with van der Waals surface area (Å²) in [6.45, 7) is 0. The molecule has 1 heterocycles. The Morgan fingerprint density at radius 1 is 1.33 bits per heavy atom. The summed E-state index contributed by atoms with van der Waals surface area (Å²) in [5.41, 5.74) is 1.04. The van der Waals surface area contributed by atoms with Crippen molar-refractivity contribution >= 4 is 0 Å². The fourth-order valence-corrected chi connectivity index (χ4v) is 1.31. The highest BCUT2D eigenvalue weighted by molar-refractivity contribution is 5.24. The van der Waals surface area contributed by atoms with Crippen molar-refractivity contribution in [3.63, 3.8) is 0 Å². The van der Waals surface area contributed by atoms with Crippen LogP contribution in [-0.2, 0) is 7.05 Å². The molecule has 0 radical (unpaired) electrons. The molecule has 0 saturated carbocycles. The largest absolute Gasteiger partial charge is 0.382 e. The van der Waals surface area contributed by atoms with E-state index in [1.807, 2.05) is 0 Å². The van der Waals surface area contributed by atoms with Crippen molar-refractivity contribution in [2.24, 2.45) is 7.05 Å². The first-order chi connectivity index (χ1) is 7.16.